The molecular formula is C21H26O5. The molecule has 0 unspecified atom stereocenters. The van der Waals surface area contributed by atoms with Gasteiger partial charge in [-0.05, 0) is 39.2 Å². The predicted octanol–water partition coefficient (Wildman–Crippen LogP) is 3.34. The van der Waals surface area contributed by atoms with Crippen LogP contribution in [0, 0.1) is 16.7 Å². The Hall–Kier alpha value is -2.17. The van der Waals surface area contributed by atoms with Gasteiger partial charge in [0.15, 0.2) is 11.2 Å². The van der Waals surface area contributed by atoms with Crippen molar-refractivity contribution in [1.82, 2.24) is 0 Å². The van der Waals surface area contributed by atoms with E-state index in [1.807, 2.05) is 26.0 Å². The molecule has 0 radical (unpaired) electrons. The molecule has 1 aliphatic heterocycles. The van der Waals surface area contributed by atoms with Gasteiger partial charge in [-0.15, -0.1) is 0 Å². The second-order valence-corrected chi connectivity index (χ2v) is 7.66. The molecule has 2 fully saturated rings. The van der Waals surface area contributed by atoms with Gasteiger partial charge in [0, 0.05) is 11.5 Å². The third-order valence-electron chi connectivity index (χ3n) is 6.10. The summed E-state index contributed by atoms with van der Waals surface area (Å²) in [5.74, 6) is -1.96. The average Bonchev–Trinajstić information content (AvgIpc) is 3.21. The van der Waals surface area contributed by atoms with Crippen LogP contribution in [-0.4, -0.2) is 29.9 Å². The van der Waals surface area contributed by atoms with Crippen LogP contribution in [0.2, 0.25) is 0 Å². The van der Waals surface area contributed by atoms with E-state index in [1.165, 1.54) is 0 Å². The Morgan fingerprint density at radius 3 is 2.23 bits per heavy atom. The van der Waals surface area contributed by atoms with Crippen molar-refractivity contribution in [3.8, 4) is 0 Å². The molecule has 0 spiro atoms. The molecule has 1 aromatic rings. The zero-order valence-electron chi connectivity index (χ0n) is 16.0. The number of carbonyl (C=O) groups excluding carboxylic acids is 3. The third-order valence-corrected chi connectivity index (χ3v) is 6.10. The molecule has 1 aromatic carbocycles. The molecule has 140 valence electrons. The van der Waals surface area contributed by atoms with E-state index >= 15 is 0 Å². The minimum absolute atomic E-state index is 0.153. The lowest BCUT2D eigenvalue weighted by molar-refractivity contribution is -0.166. The molecule has 1 saturated carbocycles. The minimum Gasteiger partial charge on any atom is -0.465 e. The van der Waals surface area contributed by atoms with Crippen molar-refractivity contribution in [3.05, 3.63) is 35.4 Å². The summed E-state index contributed by atoms with van der Waals surface area (Å²) in [4.78, 5) is 39.2. The van der Waals surface area contributed by atoms with Crippen LogP contribution in [0.4, 0.5) is 0 Å². The van der Waals surface area contributed by atoms with Gasteiger partial charge < -0.3 is 9.47 Å². The first kappa shape index (κ1) is 18.6. The summed E-state index contributed by atoms with van der Waals surface area (Å²) in [5.41, 5.74) is -1.87. The van der Waals surface area contributed by atoms with Crippen LogP contribution in [-0.2, 0) is 25.5 Å². The van der Waals surface area contributed by atoms with E-state index in [1.54, 1.807) is 32.9 Å². The van der Waals surface area contributed by atoms with Crippen molar-refractivity contribution in [3.63, 3.8) is 0 Å². The lowest BCUT2D eigenvalue weighted by Gasteiger charge is -2.28. The normalized spacial score (nSPS) is 31.1. The Labute approximate surface area is 154 Å². The summed E-state index contributed by atoms with van der Waals surface area (Å²) in [6.07, 6.45) is 1.26. The van der Waals surface area contributed by atoms with E-state index in [2.05, 4.69) is 0 Å². The molecule has 0 bridgehead atoms. The van der Waals surface area contributed by atoms with Gasteiger partial charge in [-0.3, -0.25) is 14.4 Å². The Balaban J connectivity index is 2.11. The van der Waals surface area contributed by atoms with Crippen LogP contribution < -0.4 is 0 Å². The van der Waals surface area contributed by atoms with Gasteiger partial charge in [0.1, 0.15) is 5.60 Å². The van der Waals surface area contributed by atoms with E-state index in [4.69, 9.17) is 9.47 Å². The van der Waals surface area contributed by atoms with Crippen LogP contribution in [0.25, 0.3) is 0 Å². The summed E-state index contributed by atoms with van der Waals surface area (Å²) < 4.78 is 10.7. The lowest BCUT2D eigenvalue weighted by atomic mass is 9.81. The van der Waals surface area contributed by atoms with Crippen LogP contribution in [0.15, 0.2) is 24.3 Å². The van der Waals surface area contributed by atoms with E-state index in [0.717, 1.165) is 12.0 Å². The molecule has 3 atom stereocenters. The molecule has 1 aliphatic carbocycles. The van der Waals surface area contributed by atoms with E-state index in [0.29, 0.717) is 12.0 Å². The number of Topliss-reactive ketones (excluding diaryl/α,β-unsaturated/α-hetero) is 1. The SMILES string of the molecule is CCOC(=O)[C@]12C(=O)OC(C)(C)[C@@H]1[C@@]2(CC)C(=O)c1ccc(CC)cc1. The van der Waals surface area contributed by atoms with Gasteiger partial charge in [0.05, 0.1) is 12.0 Å². The topological polar surface area (TPSA) is 69.7 Å². The van der Waals surface area contributed by atoms with Crippen molar-refractivity contribution in [1.29, 1.82) is 0 Å². The van der Waals surface area contributed by atoms with Gasteiger partial charge in [0.25, 0.3) is 0 Å². The second-order valence-electron chi connectivity index (χ2n) is 7.66. The highest BCUT2D eigenvalue weighted by atomic mass is 16.6. The third kappa shape index (κ3) is 2.06. The molecule has 2 aliphatic rings. The van der Waals surface area contributed by atoms with E-state index in [-0.39, 0.29) is 12.4 Å². The summed E-state index contributed by atoms with van der Waals surface area (Å²) in [6.45, 7) is 9.27. The molecule has 5 nitrogen and oxygen atoms in total. The van der Waals surface area contributed by atoms with E-state index < -0.39 is 34.3 Å². The van der Waals surface area contributed by atoms with Gasteiger partial charge in [-0.2, -0.15) is 0 Å². The first-order valence-corrected chi connectivity index (χ1v) is 9.28. The van der Waals surface area contributed by atoms with Crippen molar-refractivity contribution in [2.75, 3.05) is 6.61 Å². The summed E-state index contributed by atoms with van der Waals surface area (Å²) in [6, 6.07) is 7.39. The summed E-state index contributed by atoms with van der Waals surface area (Å²) in [5, 5.41) is 0. The zero-order valence-corrected chi connectivity index (χ0v) is 16.0. The molecular weight excluding hydrogens is 332 g/mol. The fourth-order valence-electron chi connectivity index (χ4n) is 5.06. The number of esters is 2. The maximum absolute atomic E-state index is 13.5. The van der Waals surface area contributed by atoms with Gasteiger partial charge in [-0.1, -0.05) is 38.1 Å². The predicted molar refractivity (Wildman–Crippen MR) is 95.6 cm³/mol. The van der Waals surface area contributed by atoms with Crippen molar-refractivity contribution in [2.24, 2.45) is 16.7 Å². The second kappa shape index (κ2) is 5.93. The highest BCUT2D eigenvalue weighted by Gasteiger charge is 2.95. The number of ether oxygens (including phenoxy) is 2. The lowest BCUT2D eigenvalue weighted by Crippen LogP contribution is -2.40. The fourth-order valence-corrected chi connectivity index (χ4v) is 5.06. The number of rotatable bonds is 6. The van der Waals surface area contributed by atoms with Crippen molar-refractivity contribution in [2.45, 2.75) is 53.1 Å². The molecule has 1 heterocycles. The molecule has 0 amide bonds. The number of carbonyl (C=O) groups is 3. The van der Waals surface area contributed by atoms with Crippen LogP contribution in [0.1, 0.15) is 57.0 Å². The summed E-state index contributed by atoms with van der Waals surface area (Å²) >= 11 is 0. The minimum atomic E-state index is -1.53. The van der Waals surface area contributed by atoms with E-state index in [9.17, 15) is 14.4 Å². The highest BCUT2D eigenvalue weighted by Crippen LogP contribution is 2.80. The number of ketones is 1. The summed E-state index contributed by atoms with van der Waals surface area (Å²) in [7, 11) is 0. The molecule has 26 heavy (non-hydrogen) atoms. The Bertz CT molecular complexity index is 763. The zero-order chi connectivity index (χ0) is 19.3. The number of cyclic esters (lactones) is 1. The standard InChI is InChI=1S/C21H26O5/c1-6-13-9-11-14(12-10-13)15(22)20(7-2)16-19(4,5)26-18(24)21(16,20)17(23)25-8-3/h9-12,16H,6-8H2,1-5H3/t16-,20-,21+/m1/s1. The fraction of sp³-hybridized carbons (Fsp3) is 0.571. The Kier molecular flexibility index (Phi) is 4.25. The van der Waals surface area contributed by atoms with Crippen LogP contribution >= 0.6 is 0 Å². The van der Waals surface area contributed by atoms with Gasteiger partial charge in [-0.25, -0.2) is 0 Å². The monoisotopic (exact) mass is 358 g/mol. The Morgan fingerprint density at radius 1 is 1.12 bits per heavy atom. The van der Waals surface area contributed by atoms with Crippen LogP contribution in [0.5, 0.6) is 0 Å². The van der Waals surface area contributed by atoms with Crippen LogP contribution in [0.3, 0.4) is 0 Å². The maximum Gasteiger partial charge on any atom is 0.325 e. The number of aryl methyl sites for hydroxylation is 1. The quantitative estimate of drug-likeness (QED) is 0.443. The Morgan fingerprint density at radius 2 is 1.73 bits per heavy atom. The highest BCUT2D eigenvalue weighted by molar-refractivity contribution is 6.19. The van der Waals surface area contributed by atoms with Crippen molar-refractivity contribution < 1.29 is 23.9 Å². The van der Waals surface area contributed by atoms with Crippen molar-refractivity contribution >= 4 is 17.7 Å². The van der Waals surface area contributed by atoms with Gasteiger partial charge in [0.2, 0.25) is 0 Å². The molecule has 1 saturated heterocycles. The molecule has 5 heteroatoms. The number of hydrogen-bond acceptors (Lipinski definition) is 5. The number of benzene rings is 1. The number of fused-ring (bicyclic) bond motifs is 1. The first-order chi connectivity index (χ1) is 12.2. The first-order valence-electron chi connectivity index (χ1n) is 9.28. The number of hydrogen-bond donors (Lipinski definition) is 0. The largest absolute Gasteiger partial charge is 0.465 e. The smallest absolute Gasteiger partial charge is 0.325 e. The molecule has 0 aromatic heterocycles. The molecule has 3 rings (SSSR count). The maximum atomic E-state index is 13.5. The molecule has 0 N–H and O–H groups in total. The average molecular weight is 358 g/mol. The van der Waals surface area contributed by atoms with Gasteiger partial charge >= 0.3 is 11.9 Å².